The third kappa shape index (κ3) is 3.06. The van der Waals surface area contributed by atoms with Gasteiger partial charge in [-0.2, -0.15) is 0 Å². The molecule has 1 aliphatic rings. The molecule has 1 aliphatic heterocycles. The molecule has 0 saturated carbocycles. The molecule has 2 unspecified atom stereocenters. The highest BCUT2D eigenvalue weighted by atomic mass is 79.9. The molecule has 1 fully saturated rings. The van der Waals surface area contributed by atoms with Gasteiger partial charge in [0.15, 0.2) is 4.67 Å². The maximum absolute atomic E-state index is 5.48. The molecule has 2 rings (SSSR count). The number of ether oxygens (including phenoxy) is 1. The van der Waals surface area contributed by atoms with Crippen molar-refractivity contribution in [2.45, 2.75) is 19.4 Å². The topological polar surface area (TPSA) is 34.4 Å². The molecule has 1 saturated heterocycles. The van der Waals surface area contributed by atoms with Gasteiger partial charge in [0.25, 0.3) is 0 Å². The number of rotatable bonds is 4. The van der Waals surface area contributed by atoms with Gasteiger partial charge >= 0.3 is 0 Å². The molecule has 2 heterocycles. The van der Waals surface area contributed by atoms with E-state index in [0.29, 0.717) is 5.92 Å². The molecule has 0 aromatic carbocycles. The van der Waals surface area contributed by atoms with E-state index in [-0.39, 0.29) is 6.04 Å². The minimum atomic E-state index is 0.261. The Labute approximate surface area is 98.3 Å². The molecule has 2 atom stereocenters. The zero-order chi connectivity index (χ0) is 10.7. The summed E-state index contributed by atoms with van der Waals surface area (Å²) in [7, 11) is 0. The fourth-order valence-corrected chi connectivity index (χ4v) is 2.07. The Morgan fingerprint density at radius 1 is 1.60 bits per heavy atom. The number of hydrogen-bond donors (Lipinski definition) is 1. The van der Waals surface area contributed by atoms with Crippen molar-refractivity contribution in [3.05, 3.63) is 22.6 Å². The van der Waals surface area contributed by atoms with Crippen molar-refractivity contribution in [1.82, 2.24) is 5.32 Å². The van der Waals surface area contributed by atoms with Crippen LogP contribution in [0.2, 0.25) is 0 Å². The Morgan fingerprint density at radius 3 is 3.07 bits per heavy atom. The summed E-state index contributed by atoms with van der Waals surface area (Å²) in [6, 6.07) is 4.18. The van der Waals surface area contributed by atoms with Gasteiger partial charge in [-0.1, -0.05) is 0 Å². The van der Waals surface area contributed by atoms with Crippen molar-refractivity contribution in [3.63, 3.8) is 0 Å². The van der Waals surface area contributed by atoms with Crippen molar-refractivity contribution in [3.8, 4) is 0 Å². The number of nitrogens with one attached hydrogen (secondary N) is 1. The summed E-state index contributed by atoms with van der Waals surface area (Å²) < 4.78 is 11.6. The van der Waals surface area contributed by atoms with Crippen molar-refractivity contribution < 1.29 is 9.15 Å². The molecule has 0 radical (unpaired) electrons. The van der Waals surface area contributed by atoms with E-state index in [1.165, 1.54) is 6.42 Å². The van der Waals surface area contributed by atoms with Crippen LogP contribution in [0.5, 0.6) is 0 Å². The van der Waals surface area contributed by atoms with Crippen molar-refractivity contribution >= 4 is 15.9 Å². The highest BCUT2D eigenvalue weighted by molar-refractivity contribution is 9.10. The van der Waals surface area contributed by atoms with Crippen molar-refractivity contribution in [1.29, 1.82) is 0 Å². The average Bonchev–Trinajstić information content (AvgIpc) is 2.84. The lowest BCUT2D eigenvalue weighted by Gasteiger charge is -2.14. The van der Waals surface area contributed by atoms with Gasteiger partial charge in [0.05, 0.1) is 12.6 Å². The van der Waals surface area contributed by atoms with E-state index in [1.807, 2.05) is 12.1 Å². The number of halogens is 1. The molecular weight excluding hydrogens is 258 g/mol. The van der Waals surface area contributed by atoms with Crippen molar-refractivity contribution in [2.24, 2.45) is 5.92 Å². The first kappa shape index (κ1) is 11.2. The molecule has 0 amide bonds. The van der Waals surface area contributed by atoms with Crippen LogP contribution in [-0.2, 0) is 4.74 Å². The highest BCUT2D eigenvalue weighted by Gasteiger charge is 2.17. The Kier molecular flexibility index (Phi) is 3.83. The molecule has 1 aromatic heterocycles. The first-order valence-corrected chi connectivity index (χ1v) is 6.11. The SMILES string of the molecule is CC(NCC1CCOC1)c1ccc(Br)o1. The summed E-state index contributed by atoms with van der Waals surface area (Å²) >= 11 is 3.30. The van der Waals surface area contributed by atoms with Gasteiger partial charge in [-0.05, 0) is 47.3 Å². The van der Waals surface area contributed by atoms with E-state index >= 15 is 0 Å². The number of hydrogen-bond acceptors (Lipinski definition) is 3. The molecular formula is C11H16BrNO2. The van der Waals surface area contributed by atoms with Gasteiger partial charge in [-0.3, -0.25) is 0 Å². The normalized spacial score (nSPS) is 23.2. The van der Waals surface area contributed by atoms with Gasteiger partial charge in [-0.25, -0.2) is 0 Å². The van der Waals surface area contributed by atoms with Crippen LogP contribution in [0.3, 0.4) is 0 Å². The minimum Gasteiger partial charge on any atom is -0.453 e. The van der Waals surface area contributed by atoms with Gasteiger partial charge < -0.3 is 14.5 Å². The molecule has 0 bridgehead atoms. The Morgan fingerprint density at radius 2 is 2.47 bits per heavy atom. The van der Waals surface area contributed by atoms with E-state index in [4.69, 9.17) is 9.15 Å². The van der Waals surface area contributed by atoms with E-state index < -0.39 is 0 Å². The summed E-state index contributed by atoms with van der Waals surface area (Å²) in [5, 5.41) is 3.46. The molecule has 4 heteroatoms. The molecule has 1 N–H and O–H groups in total. The second-order valence-electron chi connectivity index (χ2n) is 4.00. The Bertz CT molecular complexity index is 307. The van der Waals surface area contributed by atoms with Crippen LogP contribution < -0.4 is 5.32 Å². The lowest BCUT2D eigenvalue weighted by molar-refractivity contribution is 0.184. The molecule has 0 spiro atoms. The van der Waals surface area contributed by atoms with Gasteiger partial charge in [0, 0.05) is 13.2 Å². The first-order valence-electron chi connectivity index (χ1n) is 5.32. The van der Waals surface area contributed by atoms with Gasteiger partial charge in [0.1, 0.15) is 5.76 Å². The molecule has 0 aliphatic carbocycles. The lowest BCUT2D eigenvalue weighted by Crippen LogP contribution is -2.25. The van der Waals surface area contributed by atoms with Crippen LogP contribution in [0.15, 0.2) is 21.2 Å². The Hall–Kier alpha value is -0.320. The van der Waals surface area contributed by atoms with Gasteiger partial charge in [-0.15, -0.1) is 0 Å². The van der Waals surface area contributed by atoms with E-state index in [1.54, 1.807) is 0 Å². The summed E-state index contributed by atoms with van der Waals surface area (Å²) in [6.07, 6.45) is 1.17. The van der Waals surface area contributed by atoms with Crippen LogP contribution in [0.4, 0.5) is 0 Å². The minimum absolute atomic E-state index is 0.261. The third-order valence-electron chi connectivity index (χ3n) is 2.76. The highest BCUT2D eigenvalue weighted by Crippen LogP contribution is 2.20. The summed E-state index contributed by atoms with van der Waals surface area (Å²) in [6.45, 7) is 4.91. The van der Waals surface area contributed by atoms with Crippen LogP contribution in [0.25, 0.3) is 0 Å². The van der Waals surface area contributed by atoms with E-state index in [9.17, 15) is 0 Å². The first-order chi connectivity index (χ1) is 7.25. The predicted octanol–water partition coefficient (Wildman–Crippen LogP) is 2.73. The maximum atomic E-state index is 5.48. The second kappa shape index (κ2) is 5.14. The average molecular weight is 274 g/mol. The number of furan rings is 1. The molecule has 1 aromatic rings. The van der Waals surface area contributed by atoms with E-state index in [2.05, 4.69) is 28.2 Å². The molecule has 15 heavy (non-hydrogen) atoms. The quantitative estimate of drug-likeness (QED) is 0.916. The van der Waals surface area contributed by atoms with Crippen molar-refractivity contribution in [2.75, 3.05) is 19.8 Å². The summed E-state index contributed by atoms with van der Waals surface area (Å²) in [4.78, 5) is 0. The van der Waals surface area contributed by atoms with Crippen LogP contribution in [0, 0.1) is 5.92 Å². The molecule has 84 valence electrons. The standard InChI is InChI=1S/C11H16BrNO2/c1-8(10-2-3-11(12)15-10)13-6-9-4-5-14-7-9/h2-3,8-9,13H,4-7H2,1H3. The predicted molar refractivity (Wildman–Crippen MR) is 61.8 cm³/mol. The maximum Gasteiger partial charge on any atom is 0.169 e. The summed E-state index contributed by atoms with van der Waals surface area (Å²) in [5.74, 6) is 1.63. The van der Waals surface area contributed by atoms with Crippen LogP contribution >= 0.6 is 15.9 Å². The smallest absolute Gasteiger partial charge is 0.169 e. The van der Waals surface area contributed by atoms with Crippen LogP contribution in [0.1, 0.15) is 25.1 Å². The lowest BCUT2D eigenvalue weighted by atomic mass is 10.1. The van der Waals surface area contributed by atoms with Gasteiger partial charge in [0.2, 0.25) is 0 Å². The fraction of sp³-hybridized carbons (Fsp3) is 0.636. The fourth-order valence-electron chi connectivity index (χ4n) is 1.75. The van der Waals surface area contributed by atoms with E-state index in [0.717, 1.165) is 30.2 Å². The zero-order valence-corrected chi connectivity index (χ0v) is 10.4. The third-order valence-corrected chi connectivity index (χ3v) is 3.18. The summed E-state index contributed by atoms with van der Waals surface area (Å²) in [5.41, 5.74) is 0. The zero-order valence-electron chi connectivity index (χ0n) is 8.83. The van der Waals surface area contributed by atoms with Crippen LogP contribution in [-0.4, -0.2) is 19.8 Å². The monoisotopic (exact) mass is 273 g/mol. The largest absolute Gasteiger partial charge is 0.453 e. The Balaban J connectivity index is 1.79. The molecule has 3 nitrogen and oxygen atoms in total. The second-order valence-corrected chi connectivity index (χ2v) is 4.78.